The van der Waals surface area contributed by atoms with Crippen LogP contribution in [-0.4, -0.2) is 47.0 Å². The number of fused-ring (bicyclic) bond motifs is 1. The molecule has 0 radical (unpaired) electrons. The van der Waals surface area contributed by atoms with Crippen LogP contribution in [0.15, 0.2) is 22.1 Å². The number of aliphatic hydroxyl groups excluding tert-OH is 1. The molecule has 1 fully saturated rings. The molecule has 0 spiro atoms. The molecule has 2 heterocycles. The van der Waals surface area contributed by atoms with Crippen molar-refractivity contribution in [3.05, 3.63) is 22.1 Å². The molecular formula is C13H15N2NaO5S. The van der Waals surface area contributed by atoms with Crippen molar-refractivity contribution >= 4 is 29.5 Å². The van der Waals surface area contributed by atoms with Crippen LogP contribution in [0, 0.1) is 5.92 Å². The van der Waals surface area contributed by atoms with Gasteiger partial charge in [-0.05, 0) is 12.3 Å². The van der Waals surface area contributed by atoms with Gasteiger partial charge < -0.3 is 25.2 Å². The third-order valence-corrected chi connectivity index (χ3v) is 4.47. The predicted octanol–water partition coefficient (Wildman–Crippen LogP) is -4.44. The standard InChI is InChI=1S/C13H16N2O5S.Na/c1-6(16)10-7-5-8(21-4-3-9(17)14-2)11(13(19)20)15(7)12(10)18;/h3-4,6-7,10,16H,5H2,1-2H3,(H,14,17)(H,19,20);/q;+1/p-1/b4-3+;. The van der Waals surface area contributed by atoms with E-state index in [2.05, 4.69) is 5.32 Å². The molecule has 9 heteroatoms. The van der Waals surface area contributed by atoms with Crippen LogP contribution >= 0.6 is 11.8 Å². The Labute approximate surface area is 154 Å². The number of nitrogens with one attached hydrogen (secondary N) is 1. The average Bonchev–Trinajstić information content (AvgIpc) is 2.72. The molecule has 2 amide bonds. The number of β-lactam (4-membered cyclic amide) rings is 1. The van der Waals surface area contributed by atoms with Crippen LogP contribution in [-0.2, 0) is 14.4 Å². The van der Waals surface area contributed by atoms with Crippen LogP contribution in [0.25, 0.3) is 0 Å². The predicted molar refractivity (Wildman–Crippen MR) is 73.3 cm³/mol. The van der Waals surface area contributed by atoms with Gasteiger partial charge in [-0.15, -0.1) is 11.8 Å². The third kappa shape index (κ3) is 3.41. The quantitative estimate of drug-likeness (QED) is 0.298. The van der Waals surface area contributed by atoms with Crippen molar-refractivity contribution in [3.63, 3.8) is 0 Å². The molecular weight excluding hydrogens is 319 g/mol. The van der Waals surface area contributed by atoms with E-state index in [0.717, 1.165) is 11.8 Å². The van der Waals surface area contributed by atoms with Crippen LogP contribution < -0.4 is 40.0 Å². The Morgan fingerprint density at radius 3 is 2.68 bits per heavy atom. The normalized spacial score (nSPS) is 24.7. The molecule has 3 atom stereocenters. The van der Waals surface area contributed by atoms with Gasteiger partial charge in [0, 0.05) is 24.4 Å². The number of likely N-dealkylation sites (N-methyl/N-ethyl adjacent to an activating group) is 1. The van der Waals surface area contributed by atoms with Crippen LogP contribution in [0.5, 0.6) is 0 Å². The van der Waals surface area contributed by atoms with Gasteiger partial charge in [-0.1, -0.05) is 0 Å². The van der Waals surface area contributed by atoms with Crippen molar-refractivity contribution in [2.24, 2.45) is 5.92 Å². The average molecular weight is 334 g/mol. The van der Waals surface area contributed by atoms with Gasteiger partial charge in [0.1, 0.15) is 0 Å². The van der Waals surface area contributed by atoms with Crippen LogP contribution in [0.4, 0.5) is 0 Å². The van der Waals surface area contributed by atoms with E-state index in [1.54, 1.807) is 0 Å². The van der Waals surface area contributed by atoms with Crippen LogP contribution in [0.3, 0.4) is 0 Å². The number of aliphatic hydroxyl groups is 1. The van der Waals surface area contributed by atoms with E-state index in [-0.39, 0.29) is 47.2 Å². The summed E-state index contributed by atoms with van der Waals surface area (Å²) in [6, 6.07) is -0.346. The number of nitrogens with zero attached hydrogens (tertiary/aromatic N) is 1. The fourth-order valence-corrected chi connectivity index (χ4v) is 3.50. The van der Waals surface area contributed by atoms with E-state index in [1.807, 2.05) is 0 Å². The first-order chi connectivity index (χ1) is 9.88. The molecule has 2 aliphatic rings. The van der Waals surface area contributed by atoms with Crippen molar-refractivity contribution in [3.8, 4) is 0 Å². The van der Waals surface area contributed by atoms with Gasteiger partial charge in [-0.25, -0.2) is 0 Å². The summed E-state index contributed by atoms with van der Waals surface area (Å²) < 4.78 is 0. The van der Waals surface area contributed by atoms with E-state index >= 15 is 0 Å². The molecule has 3 unspecified atom stereocenters. The van der Waals surface area contributed by atoms with Gasteiger partial charge in [0.05, 0.1) is 29.7 Å². The fourth-order valence-electron chi connectivity index (χ4n) is 2.59. The molecule has 114 valence electrons. The minimum atomic E-state index is -1.43. The zero-order valence-electron chi connectivity index (χ0n) is 12.5. The molecule has 2 aliphatic heterocycles. The number of thioether (sulfide) groups is 1. The number of hydrogen-bond acceptors (Lipinski definition) is 6. The molecule has 0 aromatic heterocycles. The van der Waals surface area contributed by atoms with Crippen molar-refractivity contribution in [1.29, 1.82) is 0 Å². The number of carboxylic acid groups (broad SMARTS) is 1. The summed E-state index contributed by atoms with van der Waals surface area (Å²) in [6.45, 7) is 1.51. The summed E-state index contributed by atoms with van der Waals surface area (Å²) in [6.07, 6.45) is 0.786. The monoisotopic (exact) mass is 334 g/mol. The van der Waals surface area contributed by atoms with E-state index in [9.17, 15) is 24.6 Å². The van der Waals surface area contributed by atoms with E-state index in [0.29, 0.717) is 11.3 Å². The first-order valence-corrected chi connectivity index (χ1v) is 7.27. The van der Waals surface area contributed by atoms with Crippen molar-refractivity contribution < 1.29 is 54.2 Å². The summed E-state index contributed by atoms with van der Waals surface area (Å²) in [7, 11) is 1.48. The maximum Gasteiger partial charge on any atom is 1.00 e. The maximum atomic E-state index is 11.9. The minimum absolute atomic E-state index is 0. The summed E-state index contributed by atoms with van der Waals surface area (Å²) in [4.78, 5) is 35.9. The maximum absolute atomic E-state index is 11.9. The molecule has 0 saturated carbocycles. The summed E-state index contributed by atoms with van der Waals surface area (Å²) in [5, 5.41) is 24.7. The van der Waals surface area contributed by atoms with Crippen LogP contribution in [0.2, 0.25) is 0 Å². The summed E-state index contributed by atoms with van der Waals surface area (Å²) in [5.41, 5.74) is -0.159. The Bertz CT molecular complexity index is 561. The molecule has 0 aromatic rings. The van der Waals surface area contributed by atoms with E-state index in [1.165, 1.54) is 30.4 Å². The smallest absolute Gasteiger partial charge is 0.543 e. The Balaban J connectivity index is 0.00000242. The largest absolute Gasteiger partial charge is 1.00 e. The van der Waals surface area contributed by atoms with Crippen molar-refractivity contribution in [2.45, 2.75) is 25.5 Å². The van der Waals surface area contributed by atoms with Gasteiger partial charge in [0.2, 0.25) is 11.8 Å². The number of rotatable bonds is 5. The van der Waals surface area contributed by atoms with Crippen molar-refractivity contribution in [2.75, 3.05) is 7.05 Å². The van der Waals surface area contributed by atoms with Gasteiger partial charge in [0.15, 0.2) is 0 Å². The SMILES string of the molecule is CNC(=O)/C=C/SC1=C(C(=O)[O-])N2C(=O)C(C(C)O)C2C1.[Na+]. The van der Waals surface area contributed by atoms with Gasteiger partial charge >= 0.3 is 29.6 Å². The third-order valence-electron chi connectivity index (χ3n) is 3.56. The molecule has 7 nitrogen and oxygen atoms in total. The van der Waals surface area contributed by atoms with Gasteiger partial charge in [0.25, 0.3) is 0 Å². The first-order valence-electron chi connectivity index (χ1n) is 6.39. The molecule has 0 aromatic carbocycles. The Hall–Kier alpha value is -0.800. The molecule has 2 rings (SSSR count). The molecule has 22 heavy (non-hydrogen) atoms. The zero-order valence-corrected chi connectivity index (χ0v) is 15.3. The number of carbonyl (C=O) groups is 3. The van der Waals surface area contributed by atoms with E-state index in [4.69, 9.17) is 0 Å². The molecule has 2 N–H and O–H groups in total. The van der Waals surface area contributed by atoms with Gasteiger partial charge in [-0.2, -0.15) is 0 Å². The van der Waals surface area contributed by atoms with Crippen LogP contribution in [0.1, 0.15) is 13.3 Å². The summed E-state index contributed by atoms with van der Waals surface area (Å²) >= 11 is 1.07. The second-order valence-electron chi connectivity index (χ2n) is 4.84. The second-order valence-corrected chi connectivity index (χ2v) is 5.84. The topological polar surface area (TPSA) is 110 Å². The Morgan fingerprint density at radius 2 is 2.18 bits per heavy atom. The number of amides is 2. The van der Waals surface area contributed by atoms with Crippen molar-refractivity contribution in [1.82, 2.24) is 10.2 Å². The molecule has 0 bridgehead atoms. The first kappa shape index (κ1) is 19.2. The minimum Gasteiger partial charge on any atom is -0.543 e. The van der Waals surface area contributed by atoms with E-state index < -0.39 is 23.9 Å². The number of aliphatic carboxylic acids is 1. The summed E-state index contributed by atoms with van der Waals surface area (Å²) in [5.74, 6) is -2.72. The number of carboxylic acids is 1. The Morgan fingerprint density at radius 1 is 1.55 bits per heavy atom. The molecule has 0 aliphatic carbocycles. The fraction of sp³-hybridized carbons (Fsp3) is 0.462. The van der Waals surface area contributed by atoms with Gasteiger partial charge in [-0.3, -0.25) is 9.59 Å². The number of hydrogen-bond donors (Lipinski definition) is 2. The molecule has 1 saturated heterocycles. The number of carbonyl (C=O) groups excluding carboxylic acids is 3. The Kier molecular flexibility index (Phi) is 6.69. The zero-order chi connectivity index (χ0) is 15.7. The second kappa shape index (κ2) is 7.65.